The van der Waals surface area contributed by atoms with E-state index >= 15 is 0 Å². The van der Waals surface area contributed by atoms with Gasteiger partial charge in [-0.3, -0.25) is 9.59 Å². The van der Waals surface area contributed by atoms with Crippen LogP contribution < -0.4 is 15.4 Å². The third kappa shape index (κ3) is 8.76. The van der Waals surface area contributed by atoms with Gasteiger partial charge in [0.1, 0.15) is 23.4 Å². The van der Waals surface area contributed by atoms with Crippen LogP contribution in [0, 0.1) is 0 Å². The van der Waals surface area contributed by atoms with Crippen molar-refractivity contribution in [2.75, 3.05) is 32.2 Å². The Labute approximate surface area is 217 Å². The number of nitrogens with one attached hydrogen (secondary N) is 2. The first kappa shape index (κ1) is 29.6. The van der Waals surface area contributed by atoms with Crippen molar-refractivity contribution in [2.45, 2.75) is 51.8 Å². The maximum atomic E-state index is 13.6. The molecule has 0 radical (unpaired) electrons. The normalized spacial score (nSPS) is 12.7. The molecule has 4 N–H and O–H groups in total. The highest BCUT2D eigenvalue weighted by molar-refractivity contribution is 5.99. The highest BCUT2D eigenvalue weighted by Gasteiger charge is 2.36. The molecule has 2 aromatic rings. The Balaban J connectivity index is 2.42. The first-order valence-electron chi connectivity index (χ1n) is 12.1. The molecule has 0 heterocycles. The van der Waals surface area contributed by atoms with Crippen molar-refractivity contribution < 1.29 is 34.1 Å². The highest BCUT2D eigenvalue weighted by Crippen LogP contribution is 2.25. The van der Waals surface area contributed by atoms with Crippen molar-refractivity contribution in [1.29, 1.82) is 0 Å². The van der Waals surface area contributed by atoms with E-state index in [1.807, 2.05) is 19.1 Å². The molecule has 2 atom stereocenters. The Hall–Kier alpha value is -3.63. The fourth-order valence-electron chi connectivity index (χ4n) is 3.60. The Morgan fingerprint density at radius 2 is 1.62 bits per heavy atom. The van der Waals surface area contributed by atoms with Gasteiger partial charge in [-0.1, -0.05) is 31.2 Å². The van der Waals surface area contributed by atoms with Gasteiger partial charge in [0.15, 0.2) is 0 Å². The number of nitrogens with zero attached hydrogens (tertiary/aromatic N) is 1. The number of rotatable bonds is 11. The fourth-order valence-corrected chi connectivity index (χ4v) is 3.60. The molecule has 2 aromatic carbocycles. The van der Waals surface area contributed by atoms with Crippen molar-refractivity contribution in [2.24, 2.45) is 0 Å². The van der Waals surface area contributed by atoms with E-state index in [4.69, 9.17) is 9.47 Å². The van der Waals surface area contributed by atoms with Crippen LogP contribution in [0.25, 0.3) is 0 Å². The maximum Gasteiger partial charge on any atom is 0.408 e. The van der Waals surface area contributed by atoms with Crippen LogP contribution in [0.3, 0.4) is 0 Å². The third-order valence-electron chi connectivity index (χ3n) is 5.42. The summed E-state index contributed by atoms with van der Waals surface area (Å²) in [5.41, 5.74) is 1.19. The number of hydrogen-bond acceptors (Lipinski definition) is 7. The zero-order valence-electron chi connectivity index (χ0n) is 22.0. The number of methoxy groups -OCH3 is 1. The number of aliphatic hydroxyl groups excluding tert-OH is 2. The van der Waals surface area contributed by atoms with Crippen LogP contribution >= 0.6 is 0 Å². The number of aryl methyl sites for hydroxylation is 1. The van der Waals surface area contributed by atoms with Crippen LogP contribution in [-0.2, 0) is 20.7 Å². The van der Waals surface area contributed by atoms with Crippen LogP contribution in [-0.4, -0.2) is 71.5 Å². The molecule has 10 nitrogen and oxygen atoms in total. The van der Waals surface area contributed by atoms with Crippen LogP contribution in [0.2, 0.25) is 0 Å². The van der Waals surface area contributed by atoms with Crippen molar-refractivity contribution in [1.82, 2.24) is 10.2 Å². The van der Waals surface area contributed by atoms with E-state index in [2.05, 4.69) is 10.6 Å². The van der Waals surface area contributed by atoms with Crippen LogP contribution in [0.1, 0.15) is 44.9 Å². The summed E-state index contributed by atoms with van der Waals surface area (Å²) in [6.45, 7) is 5.59. The Kier molecular flexibility index (Phi) is 10.9. The van der Waals surface area contributed by atoms with E-state index in [0.717, 1.165) is 16.9 Å². The van der Waals surface area contributed by atoms with Crippen molar-refractivity contribution in [3.63, 3.8) is 0 Å². The first-order chi connectivity index (χ1) is 17.5. The van der Waals surface area contributed by atoms with E-state index < -0.39 is 48.8 Å². The Morgan fingerprint density at radius 1 is 1.00 bits per heavy atom. The average molecular weight is 516 g/mol. The fraction of sp³-hybridized carbons (Fsp3) is 0.444. The number of carbonyl (C=O) groups excluding carboxylic acids is 3. The summed E-state index contributed by atoms with van der Waals surface area (Å²) in [6, 6.07) is 11.3. The molecule has 0 fully saturated rings. The molecular formula is C27H37N3O7. The lowest BCUT2D eigenvalue weighted by Gasteiger charge is -2.33. The number of benzene rings is 2. The summed E-state index contributed by atoms with van der Waals surface area (Å²) < 4.78 is 10.4. The zero-order chi connectivity index (χ0) is 27.6. The Bertz CT molecular complexity index is 1030. The largest absolute Gasteiger partial charge is 0.497 e. The second kappa shape index (κ2) is 13.6. The molecule has 0 aromatic heterocycles. The molecule has 0 saturated heterocycles. The number of amides is 3. The molecule has 10 heteroatoms. The molecule has 202 valence electrons. The molecule has 0 aliphatic rings. The van der Waals surface area contributed by atoms with E-state index in [1.54, 1.807) is 57.2 Å². The summed E-state index contributed by atoms with van der Waals surface area (Å²) in [5, 5.41) is 24.8. The maximum absolute atomic E-state index is 13.6. The summed E-state index contributed by atoms with van der Waals surface area (Å²) in [4.78, 5) is 40.5. The standard InChI is InChI=1S/C27H37N3O7/c1-6-18-7-9-19(10-8-18)23(24(33)28-20-11-13-21(36-5)14-12-20)30(15-16-31)25(34)22(17-32)29-26(35)37-27(2,3)4/h7-14,22-23,31-32H,6,15-17H2,1-5H3,(H,28,33)(H,29,35). The van der Waals surface area contributed by atoms with Crippen LogP contribution in [0.4, 0.5) is 10.5 Å². The number of ether oxygens (including phenoxy) is 2. The van der Waals surface area contributed by atoms with Crippen molar-refractivity contribution in [3.05, 3.63) is 59.7 Å². The summed E-state index contributed by atoms with van der Waals surface area (Å²) in [6.07, 6.45) is -0.107. The number of anilines is 1. The minimum atomic E-state index is -1.40. The van der Waals surface area contributed by atoms with E-state index in [1.165, 1.54) is 7.11 Å². The van der Waals surface area contributed by atoms with Gasteiger partial charge in [0.2, 0.25) is 5.91 Å². The third-order valence-corrected chi connectivity index (χ3v) is 5.42. The monoisotopic (exact) mass is 515 g/mol. The molecule has 0 aliphatic heterocycles. The summed E-state index contributed by atoms with van der Waals surface area (Å²) >= 11 is 0. The number of carbonyl (C=O) groups is 3. The van der Waals surface area contributed by atoms with Crippen molar-refractivity contribution >= 4 is 23.6 Å². The molecule has 0 spiro atoms. The molecule has 0 aliphatic carbocycles. The second-order valence-electron chi connectivity index (χ2n) is 9.35. The van der Waals surface area contributed by atoms with Crippen LogP contribution in [0.15, 0.2) is 48.5 Å². The summed E-state index contributed by atoms with van der Waals surface area (Å²) in [7, 11) is 1.53. The first-order valence-corrected chi connectivity index (χ1v) is 12.1. The Morgan fingerprint density at radius 3 is 2.11 bits per heavy atom. The van der Waals surface area contributed by atoms with Crippen LogP contribution in [0.5, 0.6) is 5.75 Å². The lowest BCUT2D eigenvalue weighted by molar-refractivity contribution is -0.142. The second-order valence-corrected chi connectivity index (χ2v) is 9.35. The van der Waals surface area contributed by atoms with Gasteiger partial charge < -0.3 is 35.2 Å². The average Bonchev–Trinajstić information content (AvgIpc) is 2.86. The molecule has 0 bridgehead atoms. The molecule has 0 saturated carbocycles. The smallest absolute Gasteiger partial charge is 0.408 e. The van der Waals surface area contributed by atoms with E-state index in [-0.39, 0.29) is 6.54 Å². The van der Waals surface area contributed by atoms with Crippen molar-refractivity contribution in [3.8, 4) is 5.75 Å². The lowest BCUT2D eigenvalue weighted by atomic mass is 10.0. The molecule has 2 rings (SSSR count). The minimum absolute atomic E-state index is 0.221. The number of alkyl carbamates (subject to hydrolysis) is 1. The van der Waals surface area contributed by atoms with Gasteiger partial charge in [-0.25, -0.2) is 4.79 Å². The van der Waals surface area contributed by atoms with Gasteiger partial charge in [-0.2, -0.15) is 0 Å². The highest BCUT2D eigenvalue weighted by atomic mass is 16.6. The lowest BCUT2D eigenvalue weighted by Crippen LogP contribution is -2.54. The zero-order valence-corrected chi connectivity index (χ0v) is 22.0. The molecule has 2 unspecified atom stereocenters. The van der Waals surface area contributed by atoms with Gasteiger partial charge in [0.25, 0.3) is 5.91 Å². The van der Waals surface area contributed by atoms with Gasteiger partial charge in [-0.05, 0) is 62.6 Å². The van der Waals surface area contributed by atoms with Gasteiger partial charge in [0.05, 0.1) is 20.3 Å². The van der Waals surface area contributed by atoms with Gasteiger partial charge in [0, 0.05) is 12.2 Å². The predicted molar refractivity (Wildman–Crippen MR) is 139 cm³/mol. The minimum Gasteiger partial charge on any atom is -0.497 e. The topological polar surface area (TPSA) is 137 Å². The predicted octanol–water partition coefficient (Wildman–Crippen LogP) is 2.64. The van der Waals surface area contributed by atoms with Gasteiger partial charge >= 0.3 is 6.09 Å². The van der Waals surface area contributed by atoms with E-state index in [0.29, 0.717) is 17.0 Å². The molecule has 37 heavy (non-hydrogen) atoms. The number of hydrogen-bond donors (Lipinski definition) is 4. The number of aliphatic hydroxyl groups is 2. The SMILES string of the molecule is CCc1ccc(C(C(=O)Nc2ccc(OC)cc2)N(CCO)C(=O)C(CO)NC(=O)OC(C)(C)C)cc1. The quantitative estimate of drug-likeness (QED) is 0.361. The molecular weight excluding hydrogens is 478 g/mol. The molecule has 3 amide bonds. The van der Waals surface area contributed by atoms with E-state index in [9.17, 15) is 24.6 Å². The summed E-state index contributed by atoms with van der Waals surface area (Å²) in [5.74, 6) is -0.678. The van der Waals surface area contributed by atoms with Gasteiger partial charge in [-0.15, -0.1) is 0 Å².